The number of fused-ring (bicyclic) bond motifs is 2. The first-order chi connectivity index (χ1) is 16.4. The number of hydrogen-bond acceptors (Lipinski definition) is 6. The summed E-state index contributed by atoms with van der Waals surface area (Å²) in [5.74, 6) is 1.51. The first kappa shape index (κ1) is 23.8. The van der Waals surface area contributed by atoms with E-state index >= 15 is 0 Å². The fourth-order valence-electron chi connectivity index (χ4n) is 5.66. The van der Waals surface area contributed by atoms with Crippen LogP contribution >= 0.6 is 11.6 Å². The molecule has 3 heterocycles. The minimum absolute atomic E-state index is 0.155. The standard InChI is InChI=1S/C26H38ClN7/c1-16(2)19(28)15-33-12-10-18(11-13-33)30-26-32-24-17(3)6-4-8-21(24)34(26)22-9-5-7-20-25(22)29-14-23(27)31-20/h6,14,16,18-19,22H,4-5,7-13,15,28H2,1-3H3,(H,30,32). The zero-order valence-corrected chi connectivity index (χ0v) is 21.5. The highest BCUT2D eigenvalue weighted by Gasteiger charge is 2.32. The van der Waals surface area contributed by atoms with Crippen LogP contribution in [0.5, 0.6) is 0 Å². The lowest BCUT2D eigenvalue weighted by Gasteiger charge is -2.35. The highest BCUT2D eigenvalue weighted by Crippen LogP contribution is 2.38. The fraction of sp³-hybridized carbons (Fsp3) is 0.654. The zero-order chi connectivity index (χ0) is 23.8. The summed E-state index contributed by atoms with van der Waals surface area (Å²) in [5.41, 5.74) is 12.2. The van der Waals surface area contributed by atoms with Crippen LogP contribution in [-0.2, 0) is 12.8 Å². The number of rotatable bonds is 6. The van der Waals surface area contributed by atoms with Gasteiger partial charge in [0, 0.05) is 37.4 Å². The van der Waals surface area contributed by atoms with Gasteiger partial charge in [0.25, 0.3) is 0 Å². The van der Waals surface area contributed by atoms with E-state index in [0.717, 1.165) is 87.6 Å². The summed E-state index contributed by atoms with van der Waals surface area (Å²) >= 11 is 6.18. The number of piperidine rings is 1. The quantitative estimate of drug-likeness (QED) is 0.630. The SMILES string of the molecule is CC1=CCCc2c1nc(NC1CCN(CC(N)C(C)C)CC1)n2C1CCCc2nc(Cl)cnc21. The number of halogens is 1. The minimum Gasteiger partial charge on any atom is -0.353 e. The molecule has 3 aliphatic rings. The highest BCUT2D eigenvalue weighted by atomic mass is 35.5. The number of anilines is 1. The summed E-state index contributed by atoms with van der Waals surface area (Å²) in [4.78, 5) is 17.0. The number of nitrogens with one attached hydrogen (secondary N) is 1. The molecule has 0 radical (unpaired) electrons. The van der Waals surface area contributed by atoms with Crippen LogP contribution in [0.3, 0.4) is 0 Å². The van der Waals surface area contributed by atoms with Crippen LogP contribution in [0, 0.1) is 5.92 Å². The number of nitrogens with two attached hydrogens (primary N) is 1. The van der Waals surface area contributed by atoms with E-state index in [9.17, 15) is 0 Å². The lowest BCUT2D eigenvalue weighted by molar-refractivity contribution is 0.194. The number of aromatic nitrogens is 4. The number of allylic oxidation sites excluding steroid dienone is 2. The average Bonchev–Trinajstić information content (AvgIpc) is 3.18. The molecule has 7 nitrogen and oxygen atoms in total. The molecule has 5 rings (SSSR count). The Morgan fingerprint density at radius 2 is 1.97 bits per heavy atom. The molecule has 2 unspecified atom stereocenters. The van der Waals surface area contributed by atoms with E-state index < -0.39 is 0 Å². The second kappa shape index (κ2) is 9.96. The lowest BCUT2D eigenvalue weighted by atomic mass is 9.93. The van der Waals surface area contributed by atoms with Gasteiger partial charge in [-0.25, -0.2) is 9.97 Å². The summed E-state index contributed by atoms with van der Waals surface area (Å²) in [7, 11) is 0. The Morgan fingerprint density at radius 1 is 1.18 bits per heavy atom. The van der Waals surface area contributed by atoms with Crippen molar-refractivity contribution in [3.05, 3.63) is 40.2 Å². The third-order valence-electron chi connectivity index (χ3n) is 7.83. The van der Waals surface area contributed by atoms with Gasteiger partial charge in [-0.15, -0.1) is 0 Å². The molecular formula is C26H38ClN7. The Bertz CT molecular complexity index is 1050. The highest BCUT2D eigenvalue weighted by molar-refractivity contribution is 6.29. The largest absolute Gasteiger partial charge is 0.353 e. The first-order valence-electron chi connectivity index (χ1n) is 12.9. The van der Waals surface area contributed by atoms with Crippen molar-refractivity contribution in [2.24, 2.45) is 11.7 Å². The number of imidazole rings is 1. The van der Waals surface area contributed by atoms with Crippen LogP contribution in [0.1, 0.15) is 81.7 Å². The Balaban J connectivity index is 1.40. The molecule has 0 aromatic carbocycles. The van der Waals surface area contributed by atoms with Gasteiger partial charge in [-0.1, -0.05) is 31.5 Å². The molecule has 1 aliphatic heterocycles. The van der Waals surface area contributed by atoms with Gasteiger partial charge in [-0.3, -0.25) is 4.98 Å². The van der Waals surface area contributed by atoms with Crippen LogP contribution in [0.15, 0.2) is 12.3 Å². The fourth-order valence-corrected chi connectivity index (χ4v) is 5.81. The van der Waals surface area contributed by atoms with Crippen LogP contribution in [0.2, 0.25) is 5.15 Å². The van der Waals surface area contributed by atoms with Gasteiger partial charge < -0.3 is 20.5 Å². The summed E-state index contributed by atoms with van der Waals surface area (Å²) in [6, 6.07) is 0.811. The lowest BCUT2D eigenvalue weighted by Crippen LogP contribution is -2.46. The van der Waals surface area contributed by atoms with Gasteiger partial charge in [0.15, 0.2) is 0 Å². The molecule has 1 saturated heterocycles. The second-order valence-electron chi connectivity index (χ2n) is 10.6. The van der Waals surface area contributed by atoms with Gasteiger partial charge in [0.05, 0.1) is 29.3 Å². The van der Waals surface area contributed by atoms with E-state index in [2.05, 4.69) is 46.6 Å². The van der Waals surface area contributed by atoms with E-state index in [-0.39, 0.29) is 12.1 Å². The smallest absolute Gasteiger partial charge is 0.204 e. The molecule has 2 aliphatic carbocycles. The van der Waals surface area contributed by atoms with E-state index in [4.69, 9.17) is 27.3 Å². The normalized spacial score (nSPS) is 22.3. The van der Waals surface area contributed by atoms with Gasteiger partial charge in [0.1, 0.15) is 5.15 Å². The summed E-state index contributed by atoms with van der Waals surface area (Å²) in [6.45, 7) is 9.74. The summed E-state index contributed by atoms with van der Waals surface area (Å²) in [6.07, 6.45) is 11.4. The third-order valence-corrected chi connectivity index (χ3v) is 8.01. The number of likely N-dealkylation sites (tertiary alicyclic amines) is 1. The van der Waals surface area contributed by atoms with Crippen molar-refractivity contribution in [3.63, 3.8) is 0 Å². The molecular weight excluding hydrogens is 446 g/mol. The van der Waals surface area contributed by atoms with Crippen molar-refractivity contribution < 1.29 is 0 Å². The average molecular weight is 484 g/mol. The Kier molecular flexibility index (Phi) is 6.96. The van der Waals surface area contributed by atoms with Crippen molar-refractivity contribution in [3.8, 4) is 0 Å². The van der Waals surface area contributed by atoms with Crippen molar-refractivity contribution in [1.29, 1.82) is 0 Å². The van der Waals surface area contributed by atoms with Crippen LogP contribution in [0.25, 0.3) is 5.57 Å². The van der Waals surface area contributed by atoms with Gasteiger partial charge in [-0.2, -0.15) is 0 Å². The summed E-state index contributed by atoms with van der Waals surface area (Å²) < 4.78 is 2.45. The Hall–Kier alpha value is -1.96. The molecule has 8 heteroatoms. The van der Waals surface area contributed by atoms with Crippen LogP contribution in [-0.4, -0.2) is 56.1 Å². The molecule has 2 atom stereocenters. The van der Waals surface area contributed by atoms with Crippen molar-refractivity contribution in [1.82, 2.24) is 24.4 Å². The monoisotopic (exact) mass is 483 g/mol. The van der Waals surface area contributed by atoms with Gasteiger partial charge in [-0.05, 0) is 63.4 Å². The van der Waals surface area contributed by atoms with Crippen LogP contribution in [0.4, 0.5) is 5.95 Å². The number of hydrogen-bond donors (Lipinski definition) is 2. The molecule has 0 saturated carbocycles. The zero-order valence-electron chi connectivity index (χ0n) is 20.7. The molecule has 0 spiro atoms. The Labute approximate surface area is 208 Å². The van der Waals surface area contributed by atoms with E-state index in [1.807, 2.05) is 0 Å². The maximum atomic E-state index is 6.33. The third kappa shape index (κ3) is 4.75. The molecule has 34 heavy (non-hydrogen) atoms. The molecule has 0 bridgehead atoms. The van der Waals surface area contributed by atoms with Crippen LogP contribution < -0.4 is 11.1 Å². The van der Waals surface area contributed by atoms with Gasteiger partial charge in [0.2, 0.25) is 5.95 Å². The van der Waals surface area contributed by atoms with E-state index in [1.165, 1.54) is 11.3 Å². The van der Waals surface area contributed by atoms with E-state index in [1.54, 1.807) is 6.20 Å². The molecule has 2 aromatic rings. The van der Waals surface area contributed by atoms with Crippen molar-refractivity contribution >= 4 is 23.1 Å². The van der Waals surface area contributed by atoms with Gasteiger partial charge >= 0.3 is 0 Å². The minimum atomic E-state index is 0.155. The van der Waals surface area contributed by atoms with Crippen molar-refractivity contribution in [2.45, 2.75) is 83.8 Å². The summed E-state index contributed by atoms with van der Waals surface area (Å²) in [5, 5.41) is 4.34. The molecule has 3 N–H and O–H groups in total. The first-order valence-corrected chi connectivity index (χ1v) is 13.3. The second-order valence-corrected chi connectivity index (χ2v) is 11.0. The topological polar surface area (TPSA) is 84.9 Å². The molecule has 1 fully saturated rings. The predicted molar refractivity (Wildman–Crippen MR) is 138 cm³/mol. The maximum absolute atomic E-state index is 6.33. The number of aryl methyl sites for hydroxylation is 1. The van der Waals surface area contributed by atoms with E-state index in [0.29, 0.717) is 17.1 Å². The predicted octanol–water partition coefficient (Wildman–Crippen LogP) is 4.46. The maximum Gasteiger partial charge on any atom is 0.204 e. The molecule has 0 amide bonds. The Morgan fingerprint density at radius 3 is 2.74 bits per heavy atom. The molecule has 2 aromatic heterocycles. The number of nitrogens with zero attached hydrogens (tertiary/aromatic N) is 5. The van der Waals surface area contributed by atoms with Crippen molar-refractivity contribution in [2.75, 3.05) is 25.0 Å². The molecule has 184 valence electrons.